The summed E-state index contributed by atoms with van der Waals surface area (Å²) in [6.45, 7) is 8.08. The van der Waals surface area contributed by atoms with Gasteiger partial charge in [0.2, 0.25) is 5.91 Å². The summed E-state index contributed by atoms with van der Waals surface area (Å²) >= 11 is 0. The van der Waals surface area contributed by atoms with E-state index in [0.29, 0.717) is 6.42 Å². The van der Waals surface area contributed by atoms with Gasteiger partial charge in [0.25, 0.3) is 0 Å². The van der Waals surface area contributed by atoms with Gasteiger partial charge in [0.1, 0.15) is 0 Å². The lowest BCUT2D eigenvalue weighted by Gasteiger charge is -2.02. The number of benzene rings is 1. The van der Waals surface area contributed by atoms with E-state index in [1.165, 1.54) is 0 Å². The first-order valence-corrected chi connectivity index (χ1v) is 7.17. The van der Waals surface area contributed by atoms with Gasteiger partial charge in [-0.3, -0.25) is 4.79 Å². The van der Waals surface area contributed by atoms with Crippen molar-refractivity contribution in [2.24, 2.45) is 0 Å². The molecule has 3 nitrogen and oxygen atoms in total. The molecule has 0 atom stereocenters. The summed E-state index contributed by atoms with van der Waals surface area (Å²) in [7, 11) is 0. The fourth-order valence-electron chi connectivity index (χ4n) is 1.36. The summed E-state index contributed by atoms with van der Waals surface area (Å²) < 4.78 is 5.13. The zero-order valence-corrected chi connectivity index (χ0v) is 12.4. The van der Waals surface area contributed by atoms with E-state index < -0.39 is 0 Å². The average molecular weight is 265 g/mol. The largest absolute Gasteiger partial charge is 0.381 e. The molecule has 0 fully saturated rings. The minimum Gasteiger partial charge on any atom is -0.381 e. The maximum Gasteiger partial charge on any atom is 0.224 e. The third-order valence-electron chi connectivity index (χ3n) is 2.23. The summed E-state index contributed by atoms with van der Waals surface area (Å²) in [6.07, 6.45) is 3.76. The number of amides is 1. The Balaban J connectivity index is 0.000000399. The number of hydrogen-bond acceptors (Lipinski definition) is 2. The Labute approximate surface area is 117 Å². The molecule has 0 saturated carbocycles. The Bertz CT molecular complexity index is 308. The molecule has 0 unspecified atom stereocenters. The molecule has 0 radical (unpaired) electrons. The Kier molecular flexibility index (Phi) is 12.2. The molecule has 108 valence electrons. The van der Waals surface area contributed by atoms with E-state index in [4.69, 9.17) is 4.74 Å². The van der Waals surface area contributed by atoms with Crippen LogP contribution in [0.5, 0.6) is 0 Å². The molecule has 0 bridgehead atoms. The van der Waals surface area contributed by atoms with Crippen LogP contribution in [0.2, 0.25) is 0 Å². The maximum absolute atomic E-state index is 11.1. The first kappa shape index (κ1) is 17.6. The third-order valence-corrected chi connectivity index (χ3v) is 2.23. The fourth-order valence-corrected chi connectivity index (χ4v) is 1.36. The van der Waals surface area contributed by atoms with Crippen molar-refractivity contribution >= 4 is 11.6 Å². The summed E-state index contributed by atoms with van der Waals surface area (Å²) in [6, 6.07) is 9.50. The van der Waals surface area contributed by atoms with Gasteiger partial charge < -0.3 is 10.1 Å². The predicted molar refractivity (Wildman–Crippen MR) is 81.4 cm³/mol. The Hall–Kier alpha value is -1.35. The lowest BCUT2D eigenvalue weighted by molar-refractivity contribution is -0.116. The van der Waals surface area contributed by atoms with Gasteiger partial charge in [-0.25, -0.2) is 0 Å². The quantitative estimate of drug-likeness (QED) is 0.748. The molecule has 0 aromatic heterocycles. The van der Waals surface area contributed by atoms with Gasteiger partial charge in [-0.2, -0.15) is 0 Å². The van der Waals surface area contributed by atoms with Gasteiger partial charge in [-0.15, -0.1) is 0 Å². The maximum atomic E-state index is 11.1. The second-order valence-corrected chi connectivity index (χ2v) is 4.28. The first-order chi connectivity index (χ1) is 9.24. The van der Waals surface area contributed by atoms with Crippen molar-refractivity contribution in [2.45, 2.75) is 46.5 Å². The van der Waals surface area contributed by atoms with Crippen molar-refractivity contribution in [3.8, 4) is 0 Å². The number of carbonyl (C=O) groups is 1. The molecule has 3 heteroatoms. The zero-order valence-electron chi connectivity index (χ0n) is 12.4. The van der Waals surface area contributed by atoms with Gasteiger partial charge in [0.15, 0.2) is 0 Å². The molecule has 0 spiro atoms. The number of para-hydroxylation sites is 1. The minimum absolute atomic E-state index is 0.0868. The van der Waals surface area contributed by atoms with Gasteiger partial charge >= 0.3 is 0 Å². The molecule has 0 heterocycles. The molecule has 0 aliphatic heterocycles. The summed E-state index contributed by atoms with van der Waals surface area (Å²) in [5, 5.41) is 2.80. The number of anilines is 1. The monoisotopic (exact) mass is 265 g/mol. The molecule has 0 aliphatic carbocycles. The number of nitrogens with one attached hydrogen (secondary N) is 1. The fraction of sp³-hybridized carbons (Fsp3) is 0.562. The highest BCUT2D eigenvalue weighted by Crippen LogP contribution is 2.05. The standard InChI is InChI=1S/C10H13NO.C6H14O/c1-2-6-10(12)11-9-7-4-3-5-8-9;1-3-5-7-6-4-2/h3-5,7-8H,2,6H2,1H3,(H,11,12);3-6H2,1-2H3. The topological polar surface area (TPSA) is 38.3 Å². The van der Waals surface area contributed by atoms with Crippen molar-refractivity contribution in [2.75, 3.05) is 18.5 Å². The second-order valence-electron chi connectivity index (χ2n) is 4.28. The number of ether oxygens (including phenoxy) is 1. The molecular formula is C16H27NO2. The highest BCUT2D eigenvalue weighted by atomic mass is 16.5. The van der Waals surface area contributed by atoms with Crippen molar-refractivity contribution in [3.05, 3.63) is 30.3 Å². The Morgan fingerprint density at radius 2 is 1.58 bits per heavy atom. The number of hydrogen-bond donors (Lipinski definition) is 1. The molecule has 1 aromatic carbocycles. The van der Waals surface area contributed by atoms with E-state index in [2.05, 4.69) is 19.2 Å². The van der Waals surface area contributed by atoms with Crippen molar-refractivity contribution in [1.29, 1.82) is 0 Å². The van der Waals surface area contributed by atoms with Crippen LogP contribution in [0.15, 0.2) is 30.3 Å². The van der Waals surface area contributed by atoms with Crippen LogP contribution in [-0.4, -0.2) is 19.1 Å². The van der Waals surface area contributed by atoms with Crippen LogP contribution < -0.4 is 5.32 Å². The summed E-state index contributed by atoms with van der Waals surface area (Å²) in [4.78, 5) is 11.1. The van der Waals surface area contributed by atoms with Crippen LogP contribution in [0.3, 0.4) is 0 Å². The van der Waals surface area contributed by atoms with Crippen LogP contribution in [0, 0.1) is 0 Å². The SMILES string of the molecule is CCCC(=O)Nc1ccccc1.CCCOCCC. The average Bonchev–Trinajstić information content (AvgIpc) is 2.41. The lowest BCUT2D eigenvalue weighted by Crippen LogP contribution is -2.10. The summed E-state index contributed by atoms with van der Waals surface area (Å²) in [5.74, 6) is 0.0868. The number of carbonyl (C=O) groups excluding carboxylic acids is 1. The highest BCUT2D eigenvalue weighted by molar-refractivity contribution is 5.90. The zero-order chi connectivity index (χ0) is 14.3. The molecule has 1 amide bonds. The molecule has 1 rings (SSSR count). The molecule has 0 aliphatic rings. The number of rotatable bonds is 7. The van der Waals surface area contributed by atoms with E-state index >= 15 is 0 Å². The van der Waals surface area contributed by atoms with Crippen molar-refractivity contribution in [1.82, 2.24) is 0 Å². The third kappa shape index (κ3) is 11.5. The molecular weight excluding hydrogens is 238 g/mol. The van der Waals surface area contributed by atoms with Crippen LogP contribution in [-0.2, 0) is 9.53 Å². The first-order valence-electron chi connectivity index (χ1n) is 7.17. The van der Waals surface area contributed by atoms with Crippen LogP contribution in [0.25, 0.3) is 0 Å². The van der Waals surface area contributed by atoms with E-state index in [9.17, 15) is 4.79 Å². The van der Waals surface area contributed by atoms with Crippen molar-refractivity contribution in [3.63, 3.8) is 0 Å². The van der Waals surface area contributed by atoms with Crippen LogP contribution in [0.1, 0.15) is 46.5 Å². The Morgan fingerprint density at radius 1 is 1.00 bits per heavy atom. The minimum atomic E-state index is 0.0868. The normalized spacial score (nSPS) is 9.42. The van der Waals surface area contributed by atoms with E-state index in [0.717, 1.165) is 38.2 Å². The van der Waals surface area contributed by atoms with Crippen molar-refractivity contribution < 1.29 is 9.53 Å². The molecule has 1 aromatic rings. The summed E-state index contributed by atoms with van der Waals surface area (Å²) in [5.41, 5.74) is 0.871. The molecule has 0 saturated heterocycles. The van der Waals surface area contributed by atoms with Gasteiger partial charge in [0, 0.05) is 25.3 Å². The van der Waals surface area contributed by atoms with Crippen LogP contribution in [0.4, 0.5) is 5.69 Å². The smallest absolute Gasteiger partial charge is 0.224 e. The van der Waals surface area contributed by atoms with Crippen LogP contribution >= 0.6 is 0 Å². The van der Waals surface area contributed by atoms with Gasteiger partial charge in [-0.1, -0.05) is 39.0 Å². The van der Waals surface area contributed by atoms with E-state index in [1.807, 2.05) is 37.3 Å². The van der Waals surface area contributed by atoms with Gasteiger partial charge in [0.05, 0.1) is 0 Å². The van der Waals surface area contributed by atoms with E-state index in [1.54, 1.807) is 0 Å². The molecule has 19 heavy (non-hydrogen) atoms. The Morgan fingerprint density at radius 3 is 2.05 bits per heavy atom. The predicted octanol–water partition coefficient (Wildman–Crippen LogP) is 4.25. The second kappa shape index (κ2) is 13.1. The molecule has 1 N–H and O–H groups in total. The lowest BCUT2D eigenvalue weighted by atomic mass is 10.3. The van der Waals surface area contributed by atoms with E-state index in [-0.39, 0.29) is 5.91 Å². The highest BCUT2D eigenvalue weighted by Gasteiger charge is 1.98. The van der Waals surface area contributed by atoms with Gasteiger partial charge in [-0.05, 0) is 31.4 Å².